The Morgan fingerprint density at radius 2 is 2.22 bits per heavy atom. The zero-order chi connectivity index (χ0) is 16.2. The van der Waals surface area contributed by atoms with Crippen LogP contribution in [0.2, 0.25) is 5.15 Å². The summed E-state index contributed by atoms with van der Waals surface area (Å²) >= 11 is 7.24. The maximum absolute atomic E-state index is 12.8. The van der Waals surface area contributed by atoms with Crippen molar-refractivity contribution in [1.29, 1.82) is 0 Å². The number of ether oxygens (including phenoxy) is 1. The summed E-state index contributed by atoms with van der Waals surface area (Å²) in [6.45, 7) is 3.91. The van der Waals surface area contributed by atoms with Gasteiger partial charge in [0.25, 0.3) is 0 Å². The van der Waals surface area contributed by atoms with E-state index >= 15 is 0 Å². The molecule has 0 bridgehead atoms. The molecule has 4 rings (SSSR count). The zero-order valence-electron chi connectivity index (χ0n) is 12.5. The molecular formula is C14H16ClN3O3S2. The molecule has 1 aliphatic carbocycles. The van der Waals surface area contributed by atoms with Crippen molar-refractivity contribution in [2.45, 2.75) is 36.0 Å². The second kappa shape index (κ2) is 5.54. The zero-order valence-corrected chi connectivity index (χ0v) is 14.9. The normalized spacial score (nSPS) is 22.7. The summed E-state index contributed by atoms with van der Waals surface area (Å²) in [5, 5.41) is -0.0102. The van der Waals surface area contributed by atoms with E-state index < -0.39 is 9.84 Å². The first-order valence-electron chi connectivity index (χ1n) is 7.52. The van der Waals surface area contributed by atoms with E-state index in [4.69, 9.17) is 16.3 Å². The maximum Gasteiger partial charge on any atom is 0.182 e. The average Bonchev–Trinajstić information content (AvgIpc) is 3.33. The van der Waals surface area contributed by atoms with Gasteiger partial charge in [-0.2, -0.15) is 4.37 Å². The second-order valence-electron chi connectivity index (χ2n) is 5.99. The van der Waals surface area contributed by atoms with Crippen molar-refractivity contribution in [3.63, 3.8) is 0 Å². The van der Waals surface area contributed by atoms with Crippen molar-refractivity contribution in [2.75, 3.05) is 24.7 Å². The van der Waals surface area contributed by atoms with Crippen molar-refractivity contribution >= 4 is 49.0 Å². The van der Waals surface area contributed by atoms with E-state index in [1.807, 2.05) is 6.92 Å². The van der Waals surface area contributed by atoms with Gasteiger partial charge in [-0.3, -0.25) is 0 Å². The van der Waals surface area contributed by atoms with Crippen LogP contribution in [-0.2, 0) is 14.6 Å². The van der Waals surface area contributed by atoms with Crippen LogP contribution >= 0.6 is 23.1 Å². The van der Waals surface area contributed by atoms with Crippen molar-refractivity contribution in [1.82, 2.24) is 9.36 Å². The second-order valence-corrected chi connectivity index (χ2v) is 9.32. The van der Waals surface area contributed by atoms with Crippen LogP contribution in [0.4, 0.5) is 5.82 Å². The predicted octanol–water partition coefficient (Wildman–Crippen LogP) is 2.51. The van der Waals surface area contributed by atoms with E-state index in [-0.39, 0.29) is 16.4 Å². The van der Waals surface area contributed by atoms with Gasteiger partial charge in [0, 0.05) is 12.6 Å². The minimum Gasteiger partial charge on any atom is -0.377 e. The van der Waals surface area contributed by atoms with Crippen LogP contribution in [0.1, 0.15) is 19.8 Å². The number of rotatable bonds is 3. The number of hydrogen-bond donors (Lipinski definition) is 0. The highest BCUT2D eigenvalue weighted by atomic mass is 35.5. The third-order valence-corrected chi connectivity index (χ3v) is 7.92. The number of hydrogen-bond acceptors (Lipinski definition) is 7. The Hall–Kier alpha value is -0.960. The van der Waals surface area contributed by atoms with Crippen molar-refractivity contribution in [2.24, 2.45) is 0 Å². The highest BCUT2D eigenvalue weighted by Crippen LogP contribution is 2.40. The number of halogens is 1. The summed E-state index contributed by atoms with van der Waals surface area (Å²) < 4.78 is 35.7. The molecule has 2 aromatic rings. The van der Waals surface area contributed by atoms with Crippen LogP contribution in [0.25, 0.3) is 10.2 Å². The van der Waals surface area contributed by atoms with E-state index in [1.165, 1.54) is 0 Å². The number of aromatic nitrogens is 2. The highest BCUT2D eigenvalue weighted by molar-refractivity contribution is 7.92. The van der Waals surface area contributed by atoms with E-state index in [2.05, 4.69) is 14.3 Å². The van der Waals surface area contributed by atoms with Crippen LogP contribution in [0.5, 0.6) is 0 Å². The first kappa shape index (κ1) is 15.6. The first-order chi connectivity index (χ1) is 11.0. The number of pyridine rings is 1. The molecule has 9 heteroatoms. The molecule has 0 spiro atoms. The molecule has 2 fully saturated rings. The quantitative estimate of drug-likeness (QED) is 0.823. The lowest BCUT2D eigenvalue weighted by atomic mass is 10.2. The third-order valence-electron chi connectivity index (χ3n) is 4.27. The Labute approximate surface area is 143 Å². The molecule has 0 amide bonds. The van der Waals surface area contributed by atoms with Gasteiger partial charge in [-0.05, 0) is 31.3 Å². The standard InChI is InChI=1S/C14H16ClN3O3S2/c1-8-7-21-5-4-18(8)11-6-10(23(19,20)9-2-3-9)13-12(16-11)14(15)17-22-13/h6,8-9H,2-5,7H2,1H3. The van der Waals surface area contributed by atoms with Gasteiger partial charge >= 0.3 is 0 Å². The fourth-order valence-corrected chi connectivity index (χ4v) is 5.97. The Kier molecular flexibility index (Phi) is 3.75. The Balaban J connectivity index is 1.91. The topological polar surface area (TPSA) is 72.4 Å². The molecule has 2 aliphatic rings. The monoisotopic (exact) mass is 373 g/mol. The molecule has 1 atom stereocenters. The molecule has 3 heterocycles. The molecule has 2 aromatic heterocycles. The SMILES string of the molecule is CC1COCCN1c1cc(S(=O)(=O)C2CC2)c2snc(Cl)c2n1. The van der Waals surface area contributed by atoms with Crippen LogP contribution in [0.3, 0.4) is 0 Å². The van der Waals surface area contributed by atoms with Crippen molar-refractivity contribution in [3.05, 3.63) is 11.2 Å². The number of fused-ring (bicyclic) bond motifs is 1. The molecule has 6 nitrogen and oxygen atoms in total. The summed E-state index contributed by atoms with van der Waals surface area (Å²) in [5.41, 5.74) is 0.479. The Morgan fingerprint density at radius 3 is 2.91 bits per heavy atom. The predicted molar refractivity (Wildman–Crippen MR) is 90.3 cm³/mol. The van der Waals surface area contributed by atoms with Crippen molar-refractivity contribution in [3.8, 4) is 0 Å². The fraction of sp³-hybridized carbons (Fsp3) is 0.571. The molecule has 23 heavy (non-hydrogen) atoms. The molecule has 0 N–H and O–H groups in total. The Bertz CT molecular complexity index is 864. The molecular weight excluding hydrogens is 358 g/mol. The van der Waals surface area contributed by atoms with Crippen LogP contribution in [0.15, 0.2) is 11.0 Å². The highest BCUT2D eigenvalue weighted by Gasteiger charge is 2.39. The summed E-state index contributed by atoms with van der Waals surface area (Å²) in [4.78, 5) is 6.98. The van der Waals surface area contributed by atoms with Gasteiger partial charge in [-0.15, -0.1) is 0 Å². The van der Waals surface area contributed by atoms with Crippen LogP contribution in [-0.4, -0.2) is 48.8 Å². The number of sulfone groups is 1. The van der Waals surface area contributed by atoms with Crippen LogP contribution in [0, 0.1) is 0 Å². The van der Waals surface area contributed by atoms with Crippen LogP contribution < -0.4 is 4.90 Å². The molecule has 1 saturated carbocycles. The van der Waals surface area contributed by atoms with Gasteiger partial charge in [-0.1, -0.05) is 11.6 Å². The number of nitrogens with zero attached hydrogens (tertiary/aromatic N) is 3. The summed E-state index contributed by atoms with van der Waals surface area (Å²) in [6, 6.07) is 1.82. The van der Waals surface area contributed by atoms with Gasteiger partial charge in [0.1, 0.15) is 11.3 Å². The third kappa shape index (κ3) is 2.61. The first-order valence-corrected chi connectivity index (χ1v) is 10.2. The molecule has 0 radical (unpaired) electrons. The number of anilines is 1. The van der Waals surface area contributed by atoms with E-state index in [0.717, 1.165) is 24.4 Å². The maximum atomic E-state index is 12.8. The molecule has 124 valence electrons. The lowest BCUT2D eigenvalue weighted by molar-refractivity contribution is 0.0985. The number of morpholine rings is 1. The Morgan fingerprint density at radius 1 is 1.43 bits per heavy atom. The minimum absolute atomic E-state index is 0.135. The van der Waals surface area contributed by atoms with E-state index in [9.17, 15) is 8.42 Å². The van der Waals surface area contributed by atoms with Gasteiger partial charge in [0.2, 0.25) is 0 Å². The molecule has 0 aromatic carbocycles. The van der Waals surface area contributed by atoms with Gasteiger partial charge < -0.3 is 9.64 Å². The summed E-state index contributed by atoms with van der Waals surface area (Å²) in [7, 11) is -3.34. The smallest absolute Gasteiger partial charge is 0.182 e. The molecule has 1 unspecified atom stereocenters. The largest absolute Gasteiger partial charge is 0.377 e. The van der Waals surface area contributed by atoms with E-state index in [1.54, 1.807) is 6.07 Å². The lowest BCUT2D eigenvalue weighted by Crippen LogP contribution is -2.44. The summed E-state index contributed by atoms with van der Waals surface area (Å²) in [5.74, 6) is 0.634. The van der Waals surface area contributed by atoms with Gasteiger partial charge in [0.15, 0.2) is 15.0 Å². The van der Waals surface area contributed by atoms with Gasteiger partial charge in [-0.25, -0.2) is 13.4 Å². The molecule has 1 saturated heterocycles. The van der Waals surface area contributed by atoms with Crippen molar-refractivity contribution < 1.29 is 13.2 Å². The van der Waals surface area contributed by atoms with Gasteiger partial charge in [0.05, 0.1) is 34.1 Å². The lowest BCUT2D eigenvalue weighted by Gasteiger charge is -2.34. The molecule has 1 aliphatic heterocycles. The minimum atomic E-state index is -3.34. The fourth-order valence-electron chi connectivity index (χ4n) is 2.84. The summed E-state index contributed by atoms with van der Waals surface area (Å²) in [6.07, 6.45) is 1.45. The van der Waals surface area contributed by atoms with E-state index in [0.29, 0.717) is 40.7 Å². The average molecular weight is 374 g/mol.